The summed E-state index contributed by atoms with van der Waals surface area (Å²) in [6.45, 7) is 1.93. The number of benzene rings is 1. The SMILES string of the molecule is COc1cccc(C2(CO)COCCN2)c1. The lowest BCUT2D eigenvalue weighted by Gasteiger charge is -2.37. The van der Waals surface area contributed by atoms with Crippen molar-refractivity contribution in [3.8, 4) is 5.75 Å². The van der Waals surface area contributed by atoms with E-state index in [1.165, 1.54) is 0 Å². The molecule has 0 radical (unpaired) electrons. The van der Waals surface area contributed by atoms with Gasteiger partial charge < -0.3 is 19.9 Å². The zero-order valence-electron chi connectivity index (χ0n) is 9.40. The van der Waals surface area contributed by atoms with Crippen molar-refractivity contribution in [1.82, 2.24) is 5.32 Å². The van der Waals surface area contributed by atoms with Crippen LogP contribution in [0.3, 0.4) is 0 Å². The third-order valence-corrected chi connectivity index (χ3v) is 2.95. The van der Waals surface area contributed by atoms with Crippen LogP contribution in [0.5, 0.6) is 5.75 Å². The number of aliphatic hydroxyl groups excluding tert-OH is 1. The molecule has 1 aromatic carbocycles. The third kappa shape index (κ3) is 2.04. The standard InChI is InChI=1S/C12H17NO3/c1-15-11-4-2-3-10(7-11)12(8-14)9-16-6-5-13-12/h2-4,7,13-14H,5-6,8-9H2,1H3. The second kappa shape index (κ2) is 4.82. The van der Waals surface area contributed by atoms with Gasteiger partial charge in [-0.2, -0.15) is 0 Å². The first-order valence-corrected chi connectivity index (χ1v) is 5.39. The Balaban J connectivity index is 2.31. The average Bonchev–Trinajstić information content (AvgIpc) is 2.39. The van der Waals surface area contributed by atoms with E-state index in [-0.39, 0.29) is 6.61 Å². The third-order valence-electron chi connectivity index (χ3n) is 2.95. The van der Waals surface area contributed by atoms with Crippen molar-refractivity contribution in [1.29, 1.82) is 0 Å². The lowest BCUT2D eigenvalue weighted by Crippen LogP contribution is -2.54. The average molecular weight is 223 g/mol. The molecule has 1 heterocycles. The van der Waals surface area contributed by atoms with E-state index in [0.717, 1.165) is 17.9 Å². The van der Waals surface area contributed by atoms with Gasteiger partial charge in [0.25, 0.3) is 0 Å². The lowest BCUT2D eigenvalue weighted by atomic mass is 9.90. The summed E-state index contributed by atoms with van der Waals surface area (Å²) in [6.07, 6.45) is 0. The van der Waals surface area contributed by atoms with E-state index >= 15 is 0 Å². The molecule has 4 nitrogen and oxygen atoms in total. The maximum Gasteiger partial charge on any atom is 0.119 e. The van der Waals surface area contributed by atoms with Crippen LogP contribution in [0.4, 0.5) is 0 Å². The molecule has 4 heteroatoms. The molecule has 1 saturated heterocycles. The minimum Gasteiger partial charge on any atom is -0.497 e. The molecule has 0 aliphatic carbocycles. The Bertz CT molecular complexity index is 348. The quantitative estimate of drug-likeness (QED) is 0.783. The van der Waals surface area contributed by atoms with E-state index in [1.54, 1.807) is 7.11 Å². The van der Waals surface area contributed by atoms with Gasteiger partial charge in [0.15, 0.2) is 0 Å². The fraction of sp³-hybridized carbons (Fsp3) is 0.500. The molecule has 2 N–H and O–H groups in total. The second-order valence-electron chi connectivity index (χ2n) is 3.95. The van der Waals surface area contributed by atoms with Gasteiger partial charge >= 0.3 is 0 Å². The molecule has 16 heavy (non-hydrogen) atoms. The highest BCUT2D eigenvalue weighted by molar-refractivity contribution is 5.34. The van der Waals surface area contributed by atoms with Crippen LogP contribution in [0.1, 0.15) is 5.56 Å². The summed E-state index contributed by atoms with van der Waals surface area (Å²) in [6, 6.07) is 7.71. The molecule has 2 rings (SSSR count). The van der Waals surface area contributed by atoms with E-state index in [0.29, 0.717) is 13.2 Å². The number of hydrogen-bond acceptors (Lipinski definition) is 4. The molecular weight excluding hydrogens is 206 g/mol. The Hall–Kier alpha value is -1.10. The number of nitrogens with one attached hydrogen (secondary N) is 1. The Kier molecular flexibility index (Phi) is 3.43. The first-order chi connectivity index (χ1) is 7.80. The fourth-order valence-electron chi connectivity index (χ4n) is 1.96. The second-order valence-corrected chi connectivity index (χ2v) is 3.95. The molecule has 1 aliphatic heterocycles. The summed E-state index contributed by atoms with van der Waals surface area (Å²) in [5.41, 5.74) is 0.501. The Morgan fingerprint density at radius 3 is 3.06 bits per heavy atom. The van der Waals surface area contributed by atoms with Gasteiger partial charge in [-0.3, -0.25) is 0 Å². The minimum absolute atomic E-state index is 0.0141. The molecule has 1 unspecified atom stereocenters. The number of rotatable bonds is 3. The monoisotopic (exact) mass is 223 g/mol. The molecular formula is C12H17NO3. The molecule has 1 aromatic rings. The number of morpholine rings is 1. The van der Waals surface area contributed by atoms with E-state index < -0.39 is 5.54 Å². The summed E-state index contributed by atoms with van der Waals surface area (Å²) < 4.78 is 10.6. The Labute approximate surface area is 95.2 Å². The van der Waals surface area contributed by atoms with Crippen molar-refractivity contribution in [2.24, 2.45) is 0 Å². The molecule has 0 spiro atoms. The van der Waals surface area contributed by atoms with Crippen molar-refractivity contribution >= 4 is 0 Å². The van der Waals surface area contributed by atoms with E-state index in [2.05, 4.69) is 5.32 Å². The maximum absolute atomic E-state index is 9.58. The Morgan fingerprint density at radius 1 is 1.56 bits per heavy atom. The zero-order chi connectivity index (χ0) is 11.4. The van der Waals surface area contributed by atoms with Crippen molar-refractivity contribution in [3.05, 3.63) is 29.8 Å². The highest BCUT2D eigenvalue weighted by Crippen LogP contribution is 2.26. The maximum atomic E-state index is 9.58. The van der Waals surface area contributed by atoms with E-state index in [1.807, 2.05) is 24.3 Å². The van der Waals surface area contributed by atoms with Crippen LogP contribution in [0.25, 0.3) is 0 Å². The predicted molar refractivity (Wildman–Crippen MR) is 60.6 cm³/mol. The van der Waals surface area contributed by atoms with Crippen molar-refractivity contribution in [2.75, 3.05) is 33.5 Å². The van der Waals surface area contributed by atoms with Gasteiger partial charge in [-0.25, -0.2) is 0 Å². The molecule has 1 aliphatic rings. The summed E-state index contributed by atoms with van der Waals surface area (Å²) in [5, 5.41) is 12.9. The summed E-state index contributed by atoms with van der Waals surface area (Å²) in [4.78, 5) is 0. The van der Waals surface area contributed by atoms with Gasteiger partial charge in [0.1, 0.15) is 5.75 Å². The highest BCUT2D eigenvalue weighted by Gasteiger charge is 2.34. The molecule has 0 amide bonds. The number of hydrogen-bond donors (Lipinski definition) is 2. The predicted octanol–water partition coefficient (Wildman–Crippen LogP) is 0.503. The highest BCUT2D eigenvalue weighted by atomic mass is 16.5. The van der Waals surface area contributed by atoms with Crippen LogP contribution in [-0.4, -0.2) is 38.6 Å². The topological polar surface area (TPSA) is 50.7 Å². The number of aliphatic hydroxyl groups is 1. The van der Waals surface area contributed by atoms with Crippen LogP contribution in [0.2, 0.25) is 0 Å². The van der Waals surface area contributed by atoms with Gasteiger partial charge in [0.2, 0.25) is 0 Å². The summed E-state index contributed by atoms with van der Waals surface area (Å²) in [5.74, 6) is 0.790. The number of ether oxygens (including phenoxy) is 2. The minimum atomic E-state index is -0.493. The van der Waals surface area contributed by atoms with Crippen LogP contribution < -0.4 is 10.1 Å². The summed E-state index contributed by atoms with van der Waals surface area (Å²) >= 11 is 0. The largest absolute Gasteiger partial charge is 0.497 e. The molecule has 0 bridgehead atoms. The molecule has 0 aromatic heterocycles. The number of methoxy groups -OCH3 is 1. The molecule has 1 fully saturated rings. The van der Waals surface area contributed by atoms with Gasteiger partial charge in [-0.05, 0) is 17.7 Å². The van der Waals surface area contributed by atoms with Crippen molar-refractivity contribution in [2.45, 2.75) is 5.54 Å². The van der Waals surface area contributed by atoms with Gasteiger partial charge in [-0.1, -0.05) is 12.1 Å². The first-order valence-electron chi connectivity index (χ1n) is 5.39. The van der Waals surface area contributed by atoms with Crippen molar-refractivity contribution < 1.29 is 14.6 Å². The van der Waals surface area contributed by atoms with Crippen LogP contribution in [0, 0.1) is 0 Å². The lowest BCUT2D eigenvalue weighted by molar-refractivity contribution is -0.00340. The zero-order valence-corrected chi connectivity index (χ0v) is 9.40. The van der Waals surface area contributed by atoms with Gasteiger partial charge in [0.05, 0.1) is 32.5 Å². The molecule has 1 atom stereocenters. The van der Waals surface area contributed by atoms with Crippen LogP contribution in [-0.2, 0) is 10.3 Å². The van der Waals surface area contributed by atoms with Crippen LogP contribution >= 0.6 is 0 Å². The van der Waals surface area contributed by atoms with Crippen LogP contribution in [0.15, 0.2) is 24.3 Å². The smallest absolute Gasteiger partial charge is 0.119 e. The first kappa shape index (κ1) is 11.4. The molecule has 88 valence electrons. The molecule has 0 saturated carbocycles. The normalized spacial score (nSPS) is 25.4. The van der Waals surface area contributed by atoms with E-state index in [4.69, 9.17) is 9.47 Å². The van der Waals surface area contributed by atoms with E-state index in [9.17, 15) is 5.11 Å². The van der Waals surface area contributed by atoms with Crippen molar-refractivity contribution in [3.63, 3.8) is 0 Å². The summed E-state index contributed by atoms with van der Waals surface area (Å²) in [7, 11) is 1.63. The Morgan fingerprint density at radius 2 is 2.44 bits per heavy atom. The van der Waals surface area contributed by atoms with Gasteiger partial charge in [0, 0.05) is 6.54 Å². The fourth-order valence-corrected chi connectivity index (χ4v) is 1.96. The van der Waals surface area contributed by atoms with Gasteiger partial charge in [-0.15, -0.1) is 0 Å².